The molecule has 2 aliphatic rings. The monoisotopic (exact) mass is 321 g/mol. The molecule has 0 aliphatic carbocycles. The molecule has 0 atom stereocenters. The van der Waals surface area contributed by atoms with Gasteiger partial charge in [0.05, 0.1) is 18.0 Å². The van der Waals surface area contributed by atoms with Gasteiger partial charge in [-0.05, 0) is 49.0 Å². The molecule has 3 rings (SSSR count). The van der Waals surface area contributed by atoms with Crippen LogP contribution in [0.3, 0.4) is 0 Å². The van der Waals surface area contributed by atoms with Crippen molar-refractivity contribution >= 4 is 11.4 Å². The summed E-state index contributed by atoms with van der Waals surface area (Å²) in [7, 11) is 0. The summed E-state index contributed by atoms with van der Waals surface area (Å²) in [6.45, 7) is 17.2. The lowest BCUT2D eigenvalue weighted by atomic mass is 9.78. The molecule has 1 saturated heterocycles. The Labute approximate surface area is 145 Å². The van der Waals surface area contributed by atoms with E-state index in [1.165, 1.54) is 49.3 Å². The molecular weight excluding hydrogens is 282 g/mol. The van der Waals surface area contributed by atoms with E-state index in [2.05, 4.69) is 47.6 Å². The second kappa shape index (κ2) is 9.82. The lowest BCUT2D eigenvalue weighted by Crippen LogP contribution is -2.37. The fourth-order valence-electron chi connectivity index (χ4n) is 3.09. The van der Waals surface area contributed by atoms with E-state index in [4.69, 9.17) is 0 Å². The van der Waals surface area contributed by atoms with Crippen LogP contribution in [0.25, 0.3) is 0 Å². The largest absolute Gasteiger partial charge is 0.366 e. The Kier molecular flexibility index (Phi) is 8.46. The van der Waals surface area contributed by atoms with E-state index >= 15 is 0 Å². The summed E-state index contributed by atoms with van der Waals surface area (Å²) in [5.41, 5.74) is 4.50. The fraction of sp³-hybridized carbons (Fsp3) is 0.700. The van der Waals surface area contributed by atoms with Gasteiger partial charge in [-0.3, -0.25) is 4.90 Å². The summed E-state index contributed by atoms with van der Waals surface area (Å²) >= 11 is 0. The van der Waals surface area contributed by atoms with E-state index in [9.17, 15) is 0 Å². The zero-order valence-electron chi connectivity index (χ0n) is 16.1. The van der Waals surface area contributed by atoms with Crippen molar-refractivity contribution in [3.63, 3.8) is 0 Å². The first kappa shape index (κ1) is 19.8. The number of nitrogens with one attached hydrogen (secondary N) is 2. The molecule has 0 aromatic heterocycles. The molecule has 0 unspecified atom stereocenters. The molecule has 0 radical (unpaired) electrons. The lowest BCUT2D eigenvalue weighted by molar-refractivity contribution is 0.109. The second-order valence-corrected chi connectivity index (χ2v) is 6.35. The SMILES string of the molecule is CC.CC.CCC1(C)CCN(Cc2ccc3c(c2)NCN3)CC1.[HH]. The van der Waals surface area contributed by atoms with Crippen LogP contribution >= 0.6 is 0 Å². The Morgan fingerprint density at radius 3 is 2.26 bits per heavy atom. The van der Waals surface area contributed by atoms with Crippen molar-refractivity contribution in [2.45, 2.75) is 67.3 Å². The summed E-state index contributed by atoms with van der Waals surface area (Å²) in [6, 6.07) is 6.75. The van der Waals surface area contributed by atoms with Gasteiger partial charge in [-0.1, -0.05) is 54.0 Å². The molecule has 2 N–H and O–H groups in total. The highest BCUT2D eigenvalue weighted by Gasteiger charge is 2.28. The second-order valence-electron chi connectivity index (χ2n) is 6.35. The molecule has 0 bridgehead atoms. The van der Waals surface area contributed by atoms with Gasteiger partial charge < -0.3 is 10.6 Å². The van der Waals surface area contributed by atoms with Crippen molar-refractivity contribution < 1.29 is 1.43 Å². The Morgan fingerprint density at radius 1 is 1.04 bits per heavy atom. The highest BCUT2D eigenvalue weighted by molar-refractivity contribution is 5.73. The molecule has 1 fully saturated rings. The molecule has 1 aromatic carbocycles. The lowest BCUT2D eigenvalue weighted by Gasteiger charge is -2.39. The normalized spacial score (nSPS) is 18.3. The number of hydrogen-bond donors (Lipinski definition) is 2. The number of likely N-dealkylation sites (tertiary alicyclic amines) is 1. The van der Waals surface area contributed by atoms with Crippen molar-refractivity contribution in [2.24, 2.45) is 5.41 Å². The van der Waals surface area contributed by atoms with Crippen molar-refractivity contribution in [1.82, 2.24) is 4.90 Å². The van der Waals surface area contributed by atoms with Crippen LogP contribution in [0.4, 0.5) is 11.4 Å². The molecule has 3 nitrogen and oxygen atoms in total. The quantitative estimate of drug-likeness (QED) is 0.737. The van der Waals surface area contributed by atoms with Crippen LogP contribution < -0.4 is 10.6 Å². The molecule has 1 aromatic rings. The highest BCUT2D eigenvalue weighted by atomic mass is 15.1. The third kappa shape index (κ3) is 5.42. The van der Waals surface area contributed by atoms with Gasteiger partial charge in [-0.2, -0.15) is 0 Å². The smallest absolute Gasteiger partial charge is 0.0850 e. The van der Waals surface area contributed by atoms with Crippen molar-refractivity contribution in [3.8, 4) is 0 Å². The average Bonchev–Trinajstić information content (AvgIpc) is 3.08. The molecule has 0 saturated carbocycles. The molecule has 23 heavy (non-hydrogen) atoms. The zero-order valence-corrected chi connectivity index (χ0v) is 16.1. The Morgan fingerprint density at radius 2 is 1.65 bits per heavy atom. The van der Waals surface area contributed by atoms with Gasteiger partial charge in [0, 0.05) is 7.97 Å². The number of nitrogens with zero attached hydrogens (tertiary/aromatic N) is 1. The van der Waals surface area contributed by atoms with Gasteiger partial charge >= 0.3 is 0 Å². The minimum Gasteiger partial charge on any atom is -0.366 e. The Hall–Kier alpha value is -1.22. The molecule has 134 valence electrons. The van der Waals surface area contributed by atoms with Crippen LogP contribution in [0.1, 0.15) is 67.8 Å². The Bertz CT molecular complexity index is 454. The summed E-state index contributed by atoms with van der Waals surface area (Å²) in [5, 5.41) is 6.69. The van der Waals surface area contributed by atoms with Crippen molar-refractivity contribution in [3.05, 3.63) is 23.8 Å². The summed E-state index contributed by atoms with van der Waals surface area (Å²) in [4.78, 5) is 2.60. The van der Waals surface area contributed by atoms with E-state index in [0.29, 0.717) is 5.41 Å². The molecule has 0 spiro atoms. The molecule has 2 heterocycles. The van der Waals surface area contributed by atoms with Crippen LogP contribution in [0, 0.1) is 5.41 Å². The third-order valence-corrected chi connectivity index (χ3v) is 4.96. The van der Waals surface area contributed by atoms with Crippen molar-refractivity contribution in [1.29, 1.82) is 0 Å². The molecular formula is C20H39N3. The van der Waals surface area contributed by atoms with Crippen LogP contribution in [0.2, 0.25) is 0 Å². The van der Waals surface area contributed by atoms with Gasteiger partial charge in [0.1, 0.15) is 0 Å². The number of rotatable bonds is 3. The highest BCUT2D eigenvalue weighted by Crippen LogP contribution is 2.34. The number of piperidine rings is 1. The third-order valence-electron chi connectivity index (χ3n) is 4.96. The molecule has 3 heteroatoms. The minimum absolute atomic E-state index is 0. The first-order chi connectivity index (χ1) is 11.2. The Balaban J connectivity index is 0.000000987. The molecule has 2 aliphatic heterocycles. The predicted molar refractivity (Wildman–Crippen MR) is 106 cm³/mol. The van der Waals surface area contributed by atoms with Crippen LogP contribution in [-0.4, -0.2) is 24.7 Å². The standard InChI is InChI=1S/C16H25N3.2C2H6.H2/c1-3-16(2)6-8-19(9-7-16)11-13-4-5-14-15(10-13)18-12-17-14;2*1-2;/h4-5,10,17-18H,3,6-9,11-12H2,1-2H3;2*1-2H3;1H. The molecule has 0 amide bonds. The van der Waals surface area contributed by atoms with Crippen LogP contribution in [0.15, 0.2) is 18.2 Å². The van der Waals surface area contributed by atoms with Gasteiger partial charge in [0.15, 0.2) is 0 Å². The fourth-order valence-corrected chi connectivity index (χ4v) is 3.09. The van der Waals surface area contributed by atoms with E-state index < -0.39 is 0 Å². The predicted octanol–water partition coefficient (Wildman–Crippen LogP) is 5.79. The summed E-state index contributed by atoms with van der Waals surface area (Å²) in [5.74, 6) is 0. The number of benzene rings is 1. The summed E-state index contributed by atoms with van der Waals surface area (Å²) in [6.07, 6.45) is 4.00. The zero-order chi connectivity index (χ0) is 17.3. The van der Waals surface area contributed by atoms with Gasteiger partial charge in [-0.15, -0.1) is 0 Å². The van der Waals surface area contributed by atoms with Crippen LogP contribution in [-0.2, 0) is 6.54 Å². The minimum atomic E-state index is 0. The number of fused-ring (bicyclic) bond motifs is 1. The van der Waals surface area contributed by atoms with Gasteiger partial charge in [0.25, 0.3) is 0 Å². The van der Waals surface area contributed by atoms with E-state index in [0.717, 1.165) is 13.2 Å². The first-order valence-corrected chi connectivity index (χ1v) is 9.52. The topological polar surface area (TPSA) is 27.3 Å². The van der Waals surface area contributed by atoms with Gasteiger partial charge in [-0.25, -0.2) is 0 Å². The van der Waals surface area contributed by atoms with Gasteiger partial charge in [0.2, 0.25) is 0 Å². The summed E-state index contributed by atoms with van der Waals surface area (Å²) < 4.78 is 0. The number of hydrogen-bond acceptors (Lipinski definition) is 3. The van der Waals surface area contributed by atoms with E-state index in [1.807, 2.05) is 27.7 Å². The van der Waals surface area contributed by atoms with Crippen molar-refractivity contribution in [2.75, 3.05) is 30.4 Å². The maximum atomic E-state index is 3.37. The first-order valence-electron chi connectivity index (χ1n) is 9.52. The average molecular weight is 322 g/mol. The maximum absolute atomic E-state index is 3.37. The number of anilines is 2. The van der Waals surface area contributed by atoms with E-state index in [-0.39, 0.29) is 1.43 Å². The maximum Gasteiger partial charge on any atom is 0.0850 e. The van der Waals surface area contributed by atoms with Crippen LogP contribution in [0.5, 0.6) is 0 Å². The van der Waals surface area contributed by atoms with E-state index in [1.54, 1.807) is 0 Å².